The van der Waals surface area contributed by atoms with E-state index in [4.69, 9.17) is 29.4 Å². The molecular weight excluding hydrogens is 474 g/mol. The zero-order valence-corrected chi connectivity index (χ0v) is 22.0. The molecule has 1 aliphatic heterocycles. The molecule has 1 heterocycles. The molecule has 0 unspecified atom stereocenters. The minimum absolute atomic E-state index is 0. The number of halogens is 1. The van der Waals surface area contributed by atoms with E-state index >= 15 is 0 Å². The molecule has 0 amide bonds. The normalized spacial score (nSPS) is 14.5. The predicted octanol–water partition coefficient (Wildman–Crippen LogP) is 4.61. The van der Waals surface area contributed by atoms with Crippen molar-refractivity contribution in [1.29, 1.82) is 0 Å². The SMILES string of the molecule is COC(=O)CCCCCOCCOCCOCCCCCCOc1ccc2c(c1)[C@@H](N)CCO2.Cl. The quantitative estimate of drug-likeness (QED) is 0.198. The number of rotatable bonds is 20. The molecule has 1 aromatic rings. The van der Waals surface area contributed by atoms with Crippen molar-refractivity contribution in [2.75, 3.05) is 60.0 Å². The van der Waals surface area contributed by atoms with Crippen LogP contribution in [-0.2, 0) is 23.7 Å². The maximum absolute atomic E-state index is 11.0. The Labute approximate surface area is 216 Å². The van der Waals surface area contributed by atoms with Crippen molar-refractivity contribution in [3.8, 4) is 11.5 Å². The van der Waals surface area contributed by atoms with E-state index in [1.165, 1.54) is 7.11 Å². The van der Waals surface area contributed by atoms with Gasteiger partial charge in [-0.2, -0.15) is 0 Å². The number of methoxy groups -OCH3 is 1. The summed E-state index contributed by atoms with van der Waals surface area (Å²) in [7, 11) is 1.42. The Morgan fingerprint density at radius 3 is 2.14 bits per heavy atom. The summed E-state index contributed by atoms with van der Waals surface area (Å²) in [5.41, 5.74) is 7.20. The topological polar surface area (TPSA) is 98.5 Å². The fourth-order valence-corrected chi connectivity index (χ4v) is 3.63. The van der Waals surface area contributed by atoms with Crippen LogP contribution in [0.4, 0.5) is 0 Å². The Hall–Kier alpha value is -1.58. The van der Waals surface area contributed by atoms with E-state index in [-0.39, 0.29) is 24.4 Å². The van der Waals surface area contributed by atoms with Gasteiger partial charge in [-0.05, 0) is 50.3 Å². The second-order valence-electron chi connectivity index (χ2n) is 8.43. The minimum atomic E-state index is -0.148. The third-order valence-corrected chi connectivity index (χ3v) is 5.66. The lowest BCUT2D eigenvalue weighted by atomic mass is 10.0. The number of nitrogens with two attached hydrogens (primary N) is 1. The second kappa shape index (κ2) is 20.6. The van der Waals surface area contributed by atoms with Gasteiger partial charge in [0.25, 0.3) is 0 Å². The van der Waals surface area contributed by atoms with Crippen molar-refractivity contribution in [3.05, 3.63) is 23.8 Å². The van der Waals surface area contributed by atoms with Crippen molar-refractivity contribution in [1.82, 2.24) is 0 Å². The highest BCUT2D eigenvalue weighted by Crippen LogP contribution is 2.33. The molecule has 1 aromatic carbocycles. The molecule has 2 N–H and O–H groups in total. The third kappa shape index (κ3) is 14.5. The summed E-state index contributed by atoms with van der Waals surface area (Å²) < 4.78 is 32.7. The molecule has 0 fully saturated rings. The third-order valence-electron chi connectivity index (χ3n) is 5.66. The first-order valence-electron chi connectivity index (χ1n) is 12.7. The van der Waals surface area contributed by atoms with E-state index in [0.29, 0.717) is 52.7 Å². The lowest BCUT2D eigenvalue weighted by Crippen LogP contribution is -2.20. The smallest absolute Gasteiger partial charge is 0.305 e. The molecule has 9 heteroatoms. The van der Waals surface area contributed by atoms with Crippen molar-refractivity contribution in [2.45, 2.75) is 63.8 Å². The fraction of sp³-hybridized carbons (Fsp3) is 0.731. The number of hydrogen-bond acceptors (Lipinski definition) is 8. The Morgan fingerprint density at radius 1 is 0.886 bits per heavy atom. The first-order valence-corrected chi connectivity index (χ1v) is 12.7. The Bertz CT molecular complexity index is 677. The van der Waals surface area contributed by atoms with Crippen molar-refractivity contribution in [2.24, 2.45) is 5.73 Å². The van der Waals surface area contributed by atoms with Crippen LogP contribution < -0.4 is 15.2 Å². The Balaban J connectivity index is 0.00000612. The lowest BCUT2D eigenvalue weighted by molar-refractivity contribution is -0.140. The van der Waals surface area contributed by atoms with Gasteiger partial charge in [0.1, 0.15) is 11.5 Å². The standard InChI is InChI=1S/C26H43NO7.ClH/c1-29-26(28)9-5-4-7-14-31-18-20-32-19-17-30-13-6-2-3-8-15-33-22-10-11-25-23(21-22)24(27)12-16-34-25;/h10-11,21,24H,2-9,12-20,27H2,1H3;1H/t24-;/m0./s1. The number of esters is 1. The largest absolute Gasteiger partial charge is 0.494 e. The van der Waals surface area contributed by atoms with Crippen LogP contribution >= 0.6 is 12.4 Å². The summed E-state index contributed by atoms with van der Waals surface area (Å²) in [5.74, 6) is 1.60. The van der Waals surface area contributed by atoms with Crippen molar-refractivity contribution in [3.63, 3.8) is 0 Å². The maximum Gasteiger partial charge on any atom is 0.305 e. The highest BCUT2D eigenvalue weighted by Gasteiger charge is 2.18. The molecule has 0 aromatic heterocycles. The van der Waals surface area contributed by atoms with Crippen LogP contribution in [0.2, 0.25) is 0 Å². The number of benzene rings is 1. The van der Waals surface area contributed by atoms with Gasteiger partial charge in [-0.25, -0.2) is 0 Å². The van der Waals surface area contributed by atoms with Crippen LogP contribution in [0, 0.1) is 0 Å². The summed E-state index contributed by atoms with van der Waals surface area (Å²) in [6.45, 7) is 5.21. The first kappa shape index (κ1) is 31.4. The monoisotopic (exact) mass is 517 g/mol. The van der Waals surface area contributed by atoms with Crippen LogP contribution in [0.3, 0.4) is 0 Å². The molecule has 0 saturated heterocycles. The molecular formula is C26H44ClNO7. The molecule has 202 valence electrons. The van der Waals surface area contributed by atoms with Gasteiger partial charge >= 0.3 is 5.97 Å². The van der Waals surface area contributed by atoms with Crippen LogP contribution in [-0.4, -0.2) is 65.9 Å². The number of fused-ring (bicyclic) bond motifs is 1. The molecule has 0 bridgehead atoms. The molecule has 1 aliphatic rings. The zero-order valence-electron chi connectivity index (χ0n) is 21.2. The van der Waals surface area contributed by atoms with Gasteiger partial charge in [-0.1, -0.05) is 12.8 Å². The van der Waals surface area contributed by atoms with E-state index in [9.17, 15) is 4.79 Å². The van der Waals surface area contributed by atoms with E-state index in [0.717, 1.165) is 75.0 Å². The van der Waals surface area contributed by atoms with E-state index in [1.807, 2.05) is 18.2 Å². The lowest BCUT2D eigenvalue weighted by Gasteiger charge is -2.23. The van der Waals surface area contributed by atoms with Gasteiger partial charge in [-0.15, -0.1) is 12.4 Å². The Morgan fingerprint density at radius 2 is 1.49 bits per heavy atom. The maximum atomic E-state index is 11.0. The van der Waals surface area contributed by atoms with E-state index in [1.54, 1.807) is 0 Å². The fourth-order valence-electron chi connectivity index (χ4n) is 3.63. The molecule has 8 nitrogen and oxygen atoms in total. The summed E-state index contributed by atoms with van der Waals surface area (Å²) in [4.78, 5) is 11.0. The Kier molecular flexibility index (Phi) is 18.5. The summed E-state index contributed by atoms with van der Waals surface area (Å²) in [6.07, 6.45) is 8.41. The van der Waals surface area contributed by atoms with E-state index in [2.05, 4.69) is 4.74 Å². The number of ether oxygens (including phenoxy) is 6. The molecule has 2 rings (SSSR count). The van der Waals surface area contributed by atoms with Crippen molar-refractivity contribution < 1.29 is 33.2 Å². The van der Waals surface area contributed by atoms with Crippen LogP contribution in [0.25, 0.3) is 0 Å². The molecule has 0 radical (unpaired) electrons. The second-order valence-corrected chi connectivity index (χ2v) is 8.43. The summed E-state index contributed by atoms with van der Waals surface area (Å²) in [6, 6.07) is 5.95. The average molecular weight is 518 g/mol. The first-order chi connectivity index (χ1) is 16.7. The molecule has 1 atom stereocenters. The number of hydrogen-bond donors (Lipinski definition) is 1. The highest BCUT2D eigenvalue weighted by molar-refractivity contribution is 5.85. The number of unbranched alkanes of at least 4 members (excludes halogenated alkanes) is 5. The van der Waals surface area contributed by atoms with Gasteiger partial charge in [0.15, 0.2) is 0 Å². The number of carbonyl (C=O) groups excluding carboxylic acids is 1. The molecule has 35 heavy (non-hydrogen) atoms. The summed E-state index contributed by atoms with van der Waals surface area (Å²) in [5, 5.41) is 0. The van der Waals surface area contributed by atoms with Gasteiger partial charge < -0.3 is 34.2 Å². The number of carbonyl (C=O) groups is 1. The summed E-state index contributed by atoms with van der Waals surface area (Å²) >= 11 is 0. The van der Waals surface area contributed by atoms with Crippen LogP contribution in [0.15, 0.2) is 18.2 Å². The van der Waals surface area contributed by atoms with Gasteiger partial charge in [0, 0.05) is 37.7 Å². The van der Waals surface area contributed by atoms with Gasteiger partial charge in [-0.3, -0.25) is 4.79 Å². The minimum Gasteiger partial charge on any atom is -0.494 e. The average Bonchev–Trinajstić information content (AvgIpc) is 2.85. The van der Waals surface area contributed by atoms with Crippen LogP contribution in [0.1, 0.15) is 69.4 Å². The predicted molar refractivity (Wildman–Crippen MR) is 138 cm³/mol. The van der Waals surface area contributed by atoms with Crippen LogP contribution in [0.5, 0.6) is 11.5 Å². The zero-order chi connectivity index (χ0) is 24.3. The highest BCUT2D eigenvalue weighted by atomic mass is 35.5. The van der Waals surface area contributed by atoms with Crippen molar-refractivity contribution >= 4 is 18.4 Å². The molecule has 0 spiro atoms. The van der Waals surface area contributed by atoms with E-state index < -0.39 is 0 Å². The van der Waals surface area contributed by atoms with Gasteiger partial charge in [0.2, 0.25) is 0 Å². The molecule has 0 saturated carbocycles. The van der Waals surface area contributed by atoms with Gasteiger partial charge in [0.05, 0.1) is 46.8 Å². The molecule has 0 aliphatic carbocycles.